The van der Waals surface area contributed by atoms with E-state index in [9.17, 15) is 22.9 Å². The van der Waals surface area contributed by atoms with Gasteiger partial charge >= 0.3 is 0 Å². The lowest BCUT2D eigenvalue weighted by Crippen LogP contribution is -2.46. The Morgan fingerprint density at radius 3 is 1.67 bits per heavy atom. The molecule has 0 saturated carbocycles. The Labute approximate surface area is 240 Å². The van der Waals surface area contributed by atoms with Crippen LogP contribution in [0.4, 0.5) is 0 Å². The van der Waals surface area contributed by atoms with E-state index in [2.05, 4.69) is 43.5 Å². The molecule has 0 fully saturated rings. The second-order valence-electron chi connectivity index (χ2n) is 10.7. The Morgan fingerprint density at radius 2 is 1.10 bits per heavy atom. The first kappa shape index (κ1) is 37.6. The molecule has 39 heavy (non-hydrogen) atoms. The van der Waals surface area contributed by atoms with Crippen LogP contribution in [0.1, 0.15) is 142 Å². The van der Waals surface area contributed by atoms with Crippen molar-refractivity contribution in [2.75, 3.05) is 5.75 Å². The predicted octanol–water partition coefficient (Wildman–Crippen LogP) is 8.23. The van der Waals surface area contributed by atoms with Gasteiger partial charge in [-0.25, -0.2) is 0 Å². The van der Waals surface area contributed by atoms with Gasteiger partial charge in [0.25, 0.3) is 10.1 Å². The molecule has 0 heterocycles. The average molecular weight is 570 g/mol. The van der Waals surface area contributed by atoms with Gasteiger partial charge < -0.3 is 10.4 Å². The van der Waals surface area contributed by atoms with Crippen LogP contribution in [0.3, 0.4) is 0 Å². The van der Waals surface area contributed by atoms with Gasteiger partial charge in [-0.1, -0.05) is 115 Å². The maximum atomic E-state index is 12.4. The molecule has 2 unspecified atom stereocenters. The number of rotatable bonds is 27. The maximum absolute atomic E-state index is 12.4. The first-order valence-corrected chi connectivity index (χ1v) is 17.3. The highest BCUT2D eigenvalue weighted by Gasteiger charge is 2.24. The van der Waals surface area contributed by atoms with Crippen molar-refractivity contribution in [1.29, 1.82) is 0 Å². The molecule has 0 spiro atoms. The molecule has 2 atom stereocenters. The fourth-order valence-electron chi connectivity index (χ4n) is 4.40. The van der Waals surface area contributed by atoms with Crippen LogP contribution in [0.2, 0.25) is 0 Å². The van der Waals surface area contributed by atoms with E-state index in [-0.39, 0.29) is 12.3 Å². The predicted molar refractivity (Wildman–Crippen MR) is 165 cm³/mol. The zero-order valence-corrected chi connectivity index (χ0v) is 25.8. The highest BCUT2D eigenvalue weighted by Crippen LogP contribution is 2.10. The number of carbonyl (C=O) groups is 1. The third kappa shape index (κ3) is 27.9. The third-order valence-corrected chi connectivity index (χ3v) is 7.57. The van der Waals surface area contributed by atoms with Gasteiger partial charge in [0.2, 0.25) is 5.91 Å². The van der Waals surface area contributed by atoms with Crippen LogP contribution in [0.15, 0.2) is 36.5 Å². The lowest BCUT2D eigenvalue weighted by atomic mass is 10.1. The molecule has 0 aliphatic carbocycles. The minimum Gasteiger partial charge on any atom is -0.387 e. The zero-order chi connectivity index (χ0) is 29.0. The lowest BCUT2D eigenvalue weighted by Gasteiger charge is -2.21. The number of amides is 1. The van der Waals surface area contributed by atoms with Crippen LogP contribution < -0.4 is 5.32 Å². The number of carbonyl (C=O) groups excluding carboxylic acids is 1. The quantitative estimate of drug-likeness (QED) is 0.0525. The Kier molecular flexibility index (Phi) is 25.8. The molecule has 3 N–H and O–H groups in total. The SMILES string of the molecule is CCCCC/C=C\CCCCCCCC(=O)NC(CS(=O)(=O)O)C(O)/C=C/CC/C=C/CCCCCCCC. The standard InChI is InChI=1S/C32H59NO5S/c1-3-5-7-9-11-13-15-17-19-21-23-25-27-31(34)30(29-39(36,37)38)33-32(35)28-26-24-22-20-18-16-14-12-10-8-6-4-2/h12,14,17,19,25,27,30-31,34H,3-11,13,15-16,18,20-24,26,28-29H2,1-2H3,(H,33,35)(H,36,37,38)/b14-12-,19-17+,27-25+. The molecule has 0 aliphatic heterocycles. The first-order valence-electron chi connectivity index (χ1n) is 15.7. The highest BCUT2D eigenvalue weighted by atomic mass is 32.2. The molecular formula is C32H59NO5S. The number of allylic oxidation sites excluding steroid dienone is 5. The summed E-state index contributed by atoms with van der Waals surface area (Å²) < 4.78 is 32.1. The molecule has 0 saturated heterocycles. The molecule has 6 nitrogen and oxygen atoms in total. The van der Waals surface area contributed by atoms with E-state index in [1.165, 1.54) is 70.3 Å². The van der Waals surface area contributed by atoms with Crippen LogP contribution in [0, 0.1) is 0 Å². The molecule has 1 amide bonds. The summed E-state index contributed by atoms with van der Waals surface area (Å²) in [6.07, 6.45) is 32.7. The van der Waals surface area contributed by atoms with Crippen molar-refractivity contribution in [2.45, 2.75) is 154 Å². The van der Waals surface area contributed by atoms with Crippen LogP contribution in [0.5, 0.6) is 0 Å². The Morgan fingerprint density at radius 1 is 0.667 bits per heavy atom. The Bertz CT molecular complexity index is 761. The van der Waals surface area contributed by atoms with Crippen molar-refractivity contribution in [3.8, 4) is 0 Å². The second-order valence-corrected chi connectivity index (χ2v) is 12.2. The summed E-state index contributed by atoms with van der Waals surface area (Å²) in [7, 11) is -4.34. The van der Waals surface area contributed by atoms with E-state index in [1.54, 1.807) is 6.08 Å². The number of aliphatic hydroxyl groups excluding tert-OH is 1. The number of hydrogen-bond donors (Lipinski definition) is 3. The van der Waals surface area contributed by atoms with Crippen LogP contribution in [0.25, 0.3) is 0 Å². The number of aliphatic hydroxyl groups is 1. The topological polar surface area (TPSA) is 104 Å². The Hall–Kier alpha value is -1.44. The summed E-state index contributed by atoms with van der Waals surface area (Å²) in [5, 5.41) is 13.1. The molecule has 228 valence electrons. The maximum Gasteiger partial charge on any atom is 0.267 e. The lowest BCUT2D eigenvalue weighted by molar-refractivity contribution is -0.122. The average Bonchev–Trinajstić information content (AvgIpc) is 2.88. The molecule has 7 heteroatoms. The second kappa shape index (κ2) is 26.8. The van der Waals surface area contributed by atoms with Crippen molar-refractivity contribution >= 4 is 16.0 Å². The molecule has 0 aromatic carbocycles. The van der Waals surface area contributed by atoms with Crippen molar-refractivity contribution < 1.29 is 22.9 Å². The highest BCUT2D eigenvalue weighted by molar-refractivity contribution is 7.85. The van der Waals surface area contributed by atoms with Crippen molar-refractivity contribution in [3.63, 3.8) is 0 Å². The summed E-state index contributed by atoms with van der Waals surface area (Å²) in [6, 6.07) is -1.07. The van der Waals surface area contributed by atoms with E-state index in [0.717, 1.165) is 44.9 Å². The van der Waals surface area contributed by atoms with Gasteiger partial charge in [-0.05, 0) is 57.8 Å². The van der Waals surface area contributed by atoms with Crippen LogP contribution >= 0.6 is 0 Å². The minimum absolute atomic E-state index is 0.277. The van der Waals surface area contributed by atoms with Gasteiger partial charge in [-0.3, -0.25) is 9.35 Å². The van der Waals surface area contributed by atoms with Gasteiger partial charge in [0, 0.05) is 6.42 Å². The van der Waals surface area contributed by atoms with E-state index < -0.39 is 28.0 Å². The van der Waals surface area contributed by atoms with Gasteiger partial charge in [-0.15, -0.1) is 0 Å². The minimum atomic E-state index is -4.34. The smallest absolute Gasteiger partial charge is 0.267 e. The molecule has 0 radical (unpaired) electrons. The summed E-state index contributed by atoms with van der Waals surface area (Å²) >= 11 is 0. The summed E-state index contributed by atoms with van der Waals surface area (Å²) in [4.78, 5) is 12.4. The van der Waals surface area contributed by atoms with Crippen molar-refractivity contribution in [3.05, 3.63) is 36.5 Å². The molecule has 0 aromatic rings. The fourth-order valence-corrected chi connectivity index (χ4v) is 5.13. The number of unbranched alkanes of at least 4 members (excludes halogenated alkanes) is 15. The summed E-state index contributed by atoms with van der Waals surface area (Å²) in [5.41, 5.74) is 0. The number of hydrogen-bond acceptors (Lipinski definition) is 4. The van der Waals surface area contributed by atoms with Gasteiger partial charge in [0.15, 0.2) is 0 Å². The monoisotopic (exact) mass is 569 g/mol. The summed E-state index contributed by atoms with van der Waals surface area (Å²) in [6.45, 7) is 4.44. The normalized spacial score (nSPS) is 14.1. The van der Waals surface area contributed by atoms with Crippen LogP contribution in [-0.4, -0.2) is 41.9 Å². The molecular weight excluding hydrogens is 510 g/mol. The van der Waals surface area contributed by atoms with Gasteiger partial charge in [-0.2, -0.15) is 8.42 Å². The van der Waals surface area contributed by atoms with Crippen molar-refractivity contribution in [2.24, 2.45) is 0 Å². The van der Waals surface area contributed by atoms with Crippen LogP contribution in [-0.2, 0) is 14.9 Å². The van der Waals surface area contributed by atoms with E-state index in [4.69, 9.17) is 0 Å². The summed E-state index contributed by atoms with van der Waals surface area (Å²) in [5.74, 6) is -1.02. The Balaban J connectivity index is 4.17. The van der Waals surface area contributed by atoms with Gasteiger partial charge in [0.1, 0.15) is 0 Å². The van der Waals surface area contributed by atoms with E-state index in [1.807, 2.05) is 0 Å². The van der Waals surface area contributed by atoms with Crippen molar-refractivity contribution in [1.82, 2.24) is 5.32 Å². The molecule has 0 bridgehead atoms. The first-order chi connectivity index (χ1) is 18.8. The van der Waals surface area contributed by atoms with E-state index in [0.29, 0.717) is 12.8 Å². The largest absolute Gasteiger partial charge is 0.387 e. The molecule has 0 aliphatic rings. The fraction of sp³-hybridized carbons (Fsp3) is 0.781. The third-order valence-electron chi connectivity index (χ3n) is 6.79. The number of nitrogens with one attached hydrogen (secondary N) is 1. The van der Waals surface area contributed by atoms with Gasteiger partial charge in [0.05, 0.1) is 17.9 Å². The molecule has 0 rings (SSSR count). The van der Waals surface area contributed by atoms with E-state index >= 15 is 0 Å². The zero-order valence-electron chi connectivity index (χ0n) is 25.0. The molecule has 0 aromatic heterocycles.